The van der Waals surface area contributed by atoms with Crippen LogP contribution in [-0.2, 0) is 13.1 Å². The SMILES string of the molecule is c1ccc(C(Cn2cccn2)NCc2cnc(N3CCCCC3)nc2)cc1. The van der Waals surface area contributed by atoms with Gasteiger partial charge in [0, 0.05) is 50.0 Å². The van der Waals surface area contributed by atoms with Crippen molar-refractivity contribution in [2.45, 2.75) is 38.4 Å². The van der Waals surface area contributed by atoms with Gasteiger partial charge in [-0.1, -0.05) is 30.3 Å². The zero-order valence-corrected chi connectivity index (χ0v) is 15.5. The molecule has 1 atom stereocenters. The van der Waals surface area contributed by atoms with Crippen LogP contribution < -0.4 is 10.2 Å². The van der Waals surface area contributed by atoms with Gasteiger partial charge in [0.05, 0.1) is 12.6 Å². The van der Waals surface area contributed by atoms with Crippen molar-refractivity contribution in [2.24, 2.45) is 0 Å². The first-order chi connectivity index (χ1) is 13.4. The van der Waals surface area contributed by atoms with Crippen molar-refractivity contribution in [2.75, 3.05) is 18.0 Å². The van der Waals surface area contributed by atoms with Crippen LogP contribution in [-0.4, -0.2) is 32.8 Å². The lowest BCUT2D eigenvalue weighted by atomic mass is 10.1. The highest BCUT2D eigenvalue weighted by atomic mass is 15.3. The average molecular weight is 362 g/mol. The number of hydrogen-bond acceptors (Lipinski definition) is 5. The lowest BCUT2D eigenvalue weighted by Crippen LogP contribution is -2.31. The fourth-order valence-corrected chi connectivity index (χ4v) is 3.51. The summed E-state index contributed by atoms with van der Waals surface area (Å²) in [5, 5.41) is 7.98. The van der Waals surface area contributed by atoms with E-state index in [1.54, 1.807) is 0 Å². The molecule has 2 aromatic heterocycles. The van der Waals surface area contributed by atoms with Crippen LogP contribution in [0.1, 0.15) is 36.4 Å². The molecule has 1 N–H and O–H groups in total. The van der Waals surface area contributed by atoms with E-state index in [4.69, 9.17) is 0 Å². The molecule has 140 valence electrons. The van der Waals surface area contributed by atoms with Gasteiger partial charge in [0.25, 0.3) is 0 Å². The predicted molar refractivity (Wildman–Crippen MR) is 106 cm³/mol. The zero-order valence-electron chi connectivity index (χ0n) is 15.5. The smallest absolute Gasteiger partial charge is 0.225 e. The van der Waals surface area contributed by atoms with Crippen LogP contribution in [0.3, 0.4) is 0 Å². The van der Waals surface area contributed by atoms with E-state index >= 15 is 0 Å². The molecule has 0 saturated carbocycles. The maximum absolute atomic E-state index is 4.59. The molecule has 0 spiro atoms. The van der Waals surface area contributed by atoms with E-state index < -0.39 is 0 Å². The Bertz CT molecular complexity index is 794. The molecule has 4 rings (SSSR count). The van der Waals surface area contributed by atoms with Gasteiger partial charge < -0.3 is 10.2 Å². The summed E-state index contributed by atoms with van der Waals surface area (Å²) in [7, 11) is 0. The number of aromatic nitrogens is 4. The molecule has 0 radical (unpaired) electrons. The van der Waals surface area contributed by atoms with E-state index in [0.29, 0.717) is 0 Å². The van der Waals surface area contributed by atoms with Gasteiger partial charge in [-0.15, -0.1) is 0 Å². The van der Waals surface area contributed by atoms with Crippen LogP contribution in [0.5, 0.6) is 0 Å². The lowest BCUT2D eigenvalue weighted by Gasteiger charge is -2.26. The van der Waals surface area contributed by atoms with Crippen molar-refractivity contribution in [1.29, 1.82) is 0 Å². The molecule has 3 heterocycles. The number of rotatable bonds is 7. The summed E-state index contributed by atoms with van der Waals surface area (Å²) in [6.07, 6.45) is 11.5. The molecule has 1 unspecified atom stereocenters. The molecule has 0 bridgehead atoms. The quantitative estimate of drug-likeness (QED) is 0.699. The molecule has 6 heteroatoms. The monoisotopic (exact) mass is 362 g/mol. The van der Waals surface area contributed by atoms with Crippen LogP contribution in [0, 0.1) is 0 Å². The van der Waals surface area contributed by atoms with Gasteiger partial charge in [-0.25, -0.2) is 9.97 Å². The third-order valence-corrected chi connectivity index (χ3v) is 5.01. The van der Waals surface area contributed by atoms with Gasteiger partial charge in [-0.2, -0.15) is 5.10 Å². The predicted octanol–water partition coefficient (Wildman–Crippen LogP) is 3.19. The maximum Gasteiger partial charge on any atom is 0.225 e. The molecule has 0 aliphatic carbocycles. The Hall–Kier alpha value is -2.73. The minimum absolute atomic E-state index is 0.174. The maximum atomic E-state index is 4.59. The molecular weight excluding hydrogens is 336 g/mol. The standard InChI is InChI=1S/C21H26N6/c1-3-8-19(9-4-1)20(17-27-13-7-10-25-27)22-14-18-15-23-21(24-16-18)26-11-5-2-6-12-26/h1,3-4,7-10,13,15-16,20,22H,2,5-6,11-12,14,17H2. The highest BCUT2D eigenvalue weighted by molar-refractivity contribution is 5.30. The zero-order chi connectivity index (χ0) is 18.3. The number of nitrogens with zero attached hydrogens (tertiary/aromatic N) is 5. The van der Waals surface area contributed by atoms with Gasteiger partial charge in [0.1, 0.15) is 0 Å². The van der Waals surface area contributed by atoms with E-state index in [1.807, 2.05) is 41.6 Å². The van der Waals surface area contributed by atoms with Gasteiger partial charge >= 0.3 is 0 Å². The van der Waals surface area contributed by atoms with Crippen LogP contribution in [0.15, 0.2) is 61.2 Å². The molecule has 1 saturated heterocycles. The highest BCUT2D eigenvalue weighted by Crippen LogP contribution is 2.17. The van der Waals surface area contributed by atoms with Crippen molar-refractivity contribution in [3.8, 4) is 0 Å². The summed E-state index contributed by atoms with van der Waals surface area (Å²) in [5.74, 6) is 0.856. The lowest BCUT2D eigenvalue weighted by molar-refractivity contribution is 0.437. The second kappa shape index (κ2) is 8.77. The molecule has 27 heavy (non-hydrogen) atoms. The minimum atomic E-state index is 0.174. The van der Waals surface area contributed by atoms with E-state index in [1.165, 1.54) is 24.8 Å². The van der Waals surface area contributed by atoms with Gasteiger partial charge in [-0.05, 0) is 30.9 Å². The summed E-state index contributed by atoms with van der Waals surface area (Å²) < 4.78 is 1.96. The van der Waals surface area contributed by atoms with Crippen LogP contribution in [0.4, 0.5) is 5.95 Å². The molecule has 1 fully saturated rings. The molecule has 1 aliphatic rings. The molecule has 1 aromatic carbocycles. The fraction of sp³-hybridized carbons (Fsp3) is 0.381. The number of benzene rings is 1. The van der Waals surface area contributed by atoms with E-state index in [9.17, 15) is 0 Å². The van der Waals surface area contributed by atoms with E-state index in [2.05, 4.69) is 49.5 Å². The summed E-state index contributed by atoms with van der Waals surface area (Å²) in [5.41, 5.74) is 2.34. The minimum Gasteiger partial charge on any atom is -0.341 e. The second-order valence-corrected chi connectivity index (χ2v) is 7.01. The molecule has 3 aromatic rings. The Kier molecular flexibility index (Phi) is 5.74. The highest BCUT2D eigenvalue weighted by Gasteiger charge is 2.14. The van der Waals surface area contributed by atoms with Crippen molar-refractivity contribution in [1.82, 2.24) is 25.1 Å². The molecular formula is C21H26N6. The third-order valence-electron chi connectivity index (χ3n) is 5.01. The van der Waals surface area contributed by atoms with Crippen LogP contribution in [0.25, 0.3) is 0 Å². The van der Waals surface area contributed by atoms with Gasteiger partial charge in [-0.3, -0.25) is 4.68 Å². The first kappa shape index (κ1) is 17.7. The van der Waals surface area contributed by atoms with Crippen molar-refractivity contribution in [3.63, 3.8) is 0 Å². The Morgan fingerprint density at radius 3 is 2.44 bits per heavy atom. The van der Waals surface area contributed by atoms with Gasteiger partial charge in [0.2, 0.25) is 5.95 Å². The molecule has 0 amide bonds. The van der Waals surface area contributed by atoms with Crippen molar-refractivity contribution < 1.29 is 0 Å². The summed E-state index contributed by atoms with van der Waals surface area (Å²) in [4.78, 5) is 11.5. The number of anilines is 1. The second-order valence-electron chi connectivity index (χ2n) is 7.01. The van der Waals surface area contributed by atoms with Crippen molar-refractivity contribution in [3.05, 3.63) is 72.3 Å². The van der Waals surface area contributed by atoms with E-state index in [0.717, 1.165) is 37.7 Å². The van der Waals surface area contributed by atoms with E-state index in [-0.39, 0.29) is 6.04 Å². The Balaban J connectivity index is 1.41. The Labute approximate surface area is 160 Å². The number of nitrogens with one attached hydrogen (secondary N) is 1. The van der Waals surface area contributed by atoms with Crippen LogP contribution >= 0.6 is 0 Å². The largest absolute Gasteiger partial charge is 0.341 e. The Morgan fingerprint density at radius 2 is 1.74 bits per heavy atom. The van der Waals surface area contributed by atoms with Gasteiger partial charge in [0.15, 0.2) is 0 Å². The number of hydrogen-bond donors (Lipinski definition) is 1. The topological polar surface area (TPSA) is 58.9 Å². The summed E-state index contributed by atoms with van der Waals surface area (Å²) in [6.45, 7) is 3.64. The Morgan fingerprint density at radius 1 is 0.963 bits per heavy atom. The summed E-state index contributed by atoms with van der Waals surface area (Å²) in [6, 6.07) is 12.6. The normalized spacial score (nSPS) is 15.6. The number of piperidine rings is 1. The average Bonchev–Trinajstić information content (AvgIpc) is 3.26. The summed E-state index contributed by atoms with van der Waals surface area (Å²) >= 11 is 0. The first-order valence-corrected chi connectivity index (χ1v) is 9.70. The molecule has 1 aliphatic heterocycles. The first-order valence-electron chi connectivity index (χ1n) is 9.70. The third kappa shape index (κ3) is 4.71. The molecule has 6 nitrogen and oxygen atoms in total. The van der Waals surface area contributed by atoms with Crippen LogP contribution in [0.2, 0.25) is 0 Å². The van der Waals surface area contributed by atoms with Crippen molar-refractivity contribution >= 4 is 5.95 Å². The fourth-order valence-electron chi connectivity index (χ4n) is 3.51.